The van der Waals surface area contributed by atoms with E-state index in [1.165, 1.54) is 18.5 Å². The Kier molecular flexibility index (Phi) is 5.41. The number of rotatable bonds is 5. The molecular weight excluding hydrogens is 444 g/mol. The zero-order valence-electron chi connectivity index (χ0n) is 16.7. The molecule has 4 rings (SSSR count). The molecule has 0 aliphatic rings. The van der Waals surface area contributed by atoms with Crippen LogP contribution >= 0.6 is 23.4 Å². The van der Waals surface area contributed by atoms with Crippen LogP contribution in [0.1, 0.15) is 12.5 Å². The summed E-state index contributed by atoms with van der Waals surface area (Å²) in [5, 5.41) is 10.4. The molecule has 2 N–H and O–H groups in total. The van der Waals surface area contributed by atoms with Gasteiger partial charge in [0.15, 0.2) is 16.3 Å². The molecule has 160 valence electrons. The second kappa shape index (κ2) is 8.04. The summed E-state index contributed by atoms with van der Waals surface area (Å²) in [7, 11) is 2.96. The van der Waals surface area contributed by atoms with Gasteiger partial charge in [-0.15, -0.1) is 5.10 Å². The van der Waals surface area contributed by atoms with Gasteiger partial charge in [0.2, 0.25) is 17.0 Å². The molecule has 0 radical (unpaired) electrons. The second-order valence-electron chi connectivity index (χ2n) is 6.70. The minimum Gasteiger partial charge on any atom is -0.308 e. The summed E-state index contributed by atoms with van der Waals surface area (Å²) in [4.78, 5) is 45.3. The maximum Gasteiger partial charge on any atom is 0.332 e. The lowest BCUT2D eigenvalue weighted by Crippen LogP contribution is -2.37. The van der Waals surface area contributed by atoms with Crippen molar-refractivity contribution in [3.63, 3.8) is 0 Å². The SMILES string of the molecule is CC(=O)Nc1nc(Sc2nc3c(c(=O)n(C)c(=O)n3C)n2Cc2ccccc2Cl)n[nH]1. The van der Waals surface area contributed by atoms with Gasteiger partial charge in [-0.2, -0.15) is 4.98 Å². The summed E-state index contributed by atoms with van der Waals surface area (Å²) < 4.78 is 4.02. The number of hydrogen-bond acceptors (Lipinski definition) is 7. The Labute approximate surface area is 184 Å². The number of halogens is 1. The summed E-state index contributed by atoms with van der Waals surface area (Å²) in [6.07, 6.45) is 0. The third-order valence-corrected chi connectivity index (χ3v) is 5.77. The van der Waals surface area contributed by atoms with Gasteiger partial charge >= 0.3 is 5.69 Å². The number of carbonyl (C=O) groups is 1. The van der Waals surface area contributed by atoms with Crippen molar-refractivity contribution in [3.8, 4) is 0 Å². The number of benzene rings is 1. The number of anilines is 1. The van der Waals surface area contributed by atoms with Crippen LogP contribution < -0.4 is 16.6 Å². The predicted octanol–water partition coefficient (Wildman–Crippen LogP) is 1.36. The maximum absolute atomic E-state index is 13.0. The number of carbonyl (C=O) groups excluding carboxylic acids is 1. The van der Waals surface area contributed by atoms with E-state index < -0.39 is 11.2 Å². The number of nitrogens with one attached hydrogen (secondary N) is 2. The van der Waals surface area contributed by atoms with E-state index in [4.69, 9.17) is 11.6 Å². The summed E-state index contributed by atoms with van der Waals surface area (Å²) in [6.45, 7) is 1.60. The van der Waals surface area contributed by atoms with Gasteiger partial charge in [-0.1, -0.05) is 29.8 Å². The number of amides is 1. The zero-order chi connectivity index (χ0) is 22.3. The molecule has 0 saturated carbocycles. The van der Waals surface area contributed by atoms with Crippen LogP contribution in [0, 0.1) is 0 Å². The zero-order valence-corrected chi connectivity index (χ0v) is 18.3. The van der Waals surface area contributed by atoms with Crippen molar-refractivity contribution >= 4 is 46.4 Å². The van der Waals surface area contributed by atoms with Crippen LogP contribution in [-0.4, -0.2) is 39.8 Å². The van der Waals surface area contributed by atoms with Gasteiger partial charge in [0.05, 0.1) is 6.54 Å². The Morgan fingerprint density at radius 2 is 1.94 bits per heavy atom. The van der Waals surface area contributed by atoms with Crippen LogP contribution in [0.15, 0.2) is 44.2 Å². The molecule has 1 aromatic carbocycles. The molecule has 0 aliphatic heterocycles. The summed E-state index contributed by atoms with van der Waals surface area (Å²) >= 11 is 7.42. The number of aromatic nitrogens is 7. The van der Waals surface area contributed by atoms with Crippen molar-refractivity contribution in [2.75, 3.05) is 5.32 Å². The van der Waals surface area contributed by atoms with Gasteiger partial charge in [-0.25, -0.2) is 14.9 Å². The van der Waals surface area contributed by atoms with Gasteiger partial charge in [0.25, 0.3) is 5.56 Å². The van der Waals surface area contributed by atoms with Crippen LogP contribution in [0.4, 0.5) is 5.95 Å². The van der Waals surface area contributed by atoms with Gasteiger partial charge in [-0.3, -0.25) is 24.0 Å². The van der Waals surface area contributed by atoms with E-state index in [0.717, 1.165) is 21.9 Å². The molecule has 3 heterocycles. The van der Waals surface area contributed by atoms with E-state index >= 15 is 0 Å². The van der Waals surface area contributed by atoms with Crippen LogP contribution in [0.25, 0.3) is 11.2 Å². The molecular formula is C18H17ClN8O3S. The van der Waals surface area contributed by atoms with E-state index in [9.17, 15) is 14.4 Å². The van der Waals surface area contributed by atoms with Crippen LogP contribution in [0.5, 0.6) is 0 Å². The number of hydrogen-bond donors (Lipinski definition) is 2. The Hall–Kier alpha value is -3.38. The molecule has 0 spiro atoms. The molecule has 1 amide bonds. The number of H-pyrrole nitrogens is 1. The highest BCUT2D eigenvalue weighted by Gasteiger charge is 2.22. The maximum atomic E-state index is 13.0. The van der Waals surface area contributed by atoms with Gasteiger partial charge < -0.3 is 4.57 Å². The molecule has 31 heavy (non-hydrogen) atoms. The molecule has 0 saturated heterocycles. The summed E-state index contributed by atoms with van der Waals surface area (Å²) in [5.41, 5.74) is 0.306. The fourth-order valence-electron chi connectivity index (χ4n) is 3.04. The normalized spacial score (nSPS) is 11.2. The Morgan fingerprint density at radius 3 is 2.65 bits per heavy atom. The fourth-order valence-corrected chi connectivity index (χ4v) is 4.03. The van der Waals surface area contributed by atoms with E-state index in [0.29, 0.717) is 10.2 Å². The molecule has 0 fully saturated rings. The van der Waals surface area contributed by atoms with Crippen LogP contribution in [0.3, 0.4) is 0 Å². The van der Waals surface area contributed by atoms with E-state index in [2.05, 4.69) is 25.5 Å². The lowest BCUT2D eigenvalue weighted by atomic mass is 10.2. The van der Waals surface area contributed by atoms with Crippen molar-refractivity contribution in [1.29, 1.82) is 0 Å². The predicted molar refractivity (Wildman–Crippen MR) is 116 cm³/mol. The van der Waals surface area contributed by atoms with Gasteiger partial charge in [-0.05, 0) is 23.4 Å². The average molecular weight is 461 g/mol. The second-order valence-corrected chi connectivity index (χ2v) is 8.04. The molecule has 0 unspecified atom stereocenters. The van der Waals surface area contributed by atoms with Crippen molar-refractivity contribution in [3.05, 3.63) is 55.7 Å². The monoisotopic (exact) mass is 460 g/mol. The van der Waals surface area contributed by atoms with E-state index in [-0.39, 0.29) is 34.7 Å². The van der Waals surface area contributed by atoms with Crippen molar-refractivity contribution in [2.24, 2.45) is 14.1 Å². The summed E-state index contributed by atoms with van der Waals surface area (Å²) in [6, 6.07) is 7.26. The summed E-state index contributed by atoms with van der Waals surface area (Å²) in [5.74, 6) is -0.107. The van der Waals surface area contributed by atoms with E-state index in [1.807, 2.05) is 18.2 Å². The first kappa shape index (κ1) is 20.9. The first-order valence-electron chi connectivity index (χ1n) is 9.03. The number of nitrogens with zero attached hydrogens (tertiary/aromatic N) is 6. The molecule has 3 aromatic heterocycles. The highest BCUT2D eigenvalue weighted by Crippen LogP contribution is 2.29. The number of fused-ring (bicyclic) bond motifs is 1. The smallest absolute Gasteiger partial charge is 0.308 e. The number of imidazole rings is 1. The molecule has 0 atom stereocenters. The average Bonchev–Trinajstić information content (AvgIpc) is 3.31. The fraction of sp³-hybridized carbons (Fsp3) is 0.222. The van der Waals surface area contributed by atoms with Crippen LogP contribution in [-0.2, 0) is 25.4 Å². The third kappa shape index (κ3) is 3.86. The van der Waals surface area contributed by atoms with E-state index in [1.54, 1.807) is 17.7 Å². The van der Waals surface area contributed by atoms with Gasteiger partial charge in [0.1, 0.15) is 0 Å². The molecule has 11 nitrogen and oxygen atoms in total. The topological polar surface area (TPSA) is 132 Å². The highest BCUT2D eigenvalue weighted by molar-refractivity contribution is 7.99. The third-order valence-electron chi connectivity index (χ3n) is 4.54. The first-order chi connectivity index (χ1) is 14.8. The molecule has 4 aromatic rings. The number of aryl methyl sites for hydroxylation is 1. The minimum absolute atomic E-state index is 0.187. The number of aromatic amines is 1. The quantitative estimate of drug-likeness (QED) is 0.459. The Morgan fingerprint density at radius 1 is 1.19 bits per heavy atom. The lowest BCUT2D eigenvalue weighted by Gasteiger charge is -2.10. The molecule has 13 heteroatoms. The first-order valence-corrected chi connectivity index (χ1v) is 10.2. The van der Waals surface area contributed by atoms with Gasteiger partial charge in [0, 0.05) is 26.0 Å². The van der Waals surface area contributed by atoms with Crippen molar-refractivity contribution in [2.45, 2.75) is 23.8 Å². The highest BCUT2D eigenvalue weighted by atomic mass is 35.5. The standard InChI is InChI=1S/C18H17ClN8O3S/c1-9(28)20-15-22-16(24-23-15)31-17-21-13-12(14(29)26(3)18(30)25(13)2)27(17)8-10-6-4-5-7-11(10)19/h4-7H,8H2,1-3H3,(H2,20,22,23,24,28). The van der Waals surface area contributed by atoms with Crippen LogP contribution in [0.2, 0.25) is 5.02 Å². The minimum atomic E-state index is -0.484. The molecule has 0 bridgehead atoms. The lowest BCUT2D eigenvalue weighted by molar-refractivity contribution is -0.114. The Bertz CT molecular complexity index is 1430. The van der Waals surface area contributed by atoms with Crippen molar-refractivity contribution < 1.29 is 4.79 Å². The largest absolute Gasteiger partial charge is 0.332 e. The Balaban J connectivity index is 1.88. The van der Waals surface area contributed by atoms with Crippen molar-refractivity contribution in [1.82, 2.24) is 33.9 Å². The molecule has 0 aliphatic carbocycles.